The van der Waals surface area contributed by atoms with Crippen LogP contribution >= 0.6 is 0 Å². The summed E-state index contributed by atoms with van der Waals surface area (Å²) >= 11 is 0. The van der Waals surface area contributed by atoms with Crippen molar-refractivity contribution in [2.75, 3.05) is 0 Å². The van der Waals surface area contributed by atoms with Crippen LogP contribution in [0, 0.1) is 0 Å². The van der Waals surface area contributed by atoms with Gasteiger partial charge < -0.3 is 5.11 Å². The maximum absolute atomic E-state index is 12.4. The minimum absolute atomic E-state index is 0.141. The van der Waals surface area contributed by atoms with E-state index in [0.717, 1.165) is 38.9 Å². The Balaban J connectivity index is 1.70. The highest BCUT2D eigenvalue weighted by molar-refractivity contribution is 5.92. The van der Waals surface area contributed by atoms with Gasteiger partial charge in [-0.3, -0.25) is 14.8 Å². The van der Waals surface area contributed by atoms with Crippen LogP contribution in [0.15, 0.2) is 73.3 Å². The van der Waals surface area contributed by atoms with Crippen LogP contribution in [0.25, 0.3) is 33.3 Å². The Hall–Kier alpha value is -3.44. The lowest BCUT2D eigenvalue weighted by molar-refractivity contribution is -0.119. The molecule has 1 atom stereocenters. The fourth-order valence-corrected chi connectivity index (χ4v) is 3.67. The molecule has 0 aliphatic rings. The van der Waals surface area contributed by atoms with E-state index < -0.39 is 6.10 Å². The van der Waals surface area contributed by atoms with Crippen LogP contribution in [0.3, 0.4) is 0 Å². The van der Waals surface area contributed by atoms with E-state index in [1.54, 1.807) is 24.8 Å². The van der Waals surface area contributed by atoms with E-state index in [1.165, 1.54) is 0 Å². The Kier molecular flexibility index (Phi) is 6.43. The Morgan fingerprint density at radius 1 is 0.935 bits per heavy atom. The highest BCUT2D eigenvalue weighted by Crippen LogP contribution is 2.33. The zero-order chi connectivity index (χ0) is 21.6. The maximum Gasteiger partial charge on any atom is 0.137 e. The lowest BCUT2D eigenvalue weighted by Crippen LogP contribution is -2.10. The van der Waals surface area contributed by atoms with Crippen LogP contribution in [0.4, 0.5) is 0 Å². The van der Waals surface area contributed by atoms with E-state index in [1.807, 2.05) is 49.4 Å². The summed E-state index contributed by atoms with van der Waals surface area (Å²) < 4.78 is 0. The Morgan fingerprint density at radius 2 is 1.61 bits per heavy atom. The van der Waals surface area contributed by atoms with Crippen LogP contribution in [-0.2, 0) is 11.2 Å². The van der Waals surface area contributed by atoms with Crippen molar-refractivity contribution in [2.24, 2.45) is 0 Å². The number of benzene rings is 1. The van der Waals surface area contributed by atoms with Gasteiger partial charge in [-0.15, -0.1) is 0 Å². The van der Waals surface area contributed by atoms with Crippen LogP contribution < -0.4 is 0 Å². The molecule has 0 bridgehead atoms. The van der Waals surface area contributed by atoms with Crippen molar-refractivity contribution in [1.29, 1.82) is 0 Å². The van der Waals surface area contributed by atoms with Gasteiger partial charge in [0.05, 0.1) is 17.3 Å². The van der Waals surface area contributed by atoms with Gasteiger partial charge in [0.15, 0.2) is 0 Å². The number of aliphatic hydroxyl groups excluding tert-OH is 1. The fourth-order valence-electron chi connectivity index (χ4n) is 3.67. The predicted octanol–water partition coefficient (Wildman–Crippen LogP) is 5.02. The summed E-state index contributed by atoms with van der Waals surface area (Å²) in [6.07, 6.45) is 8.63. The van der Waals surface area contributed by atoms with Gasteiger partial charge in [-0.1, -0.05) is 13.0 Å². The summed E-state index contributed by atoms with van der Waals surface area (Å²) in [6, 6.07) is 16.0. The third-order valence-electron chi connectivity index (χ3n) is 5.45. The monoisotopic (exact) mass is 411 g/mol. The molecule has 0 fully saturated rings. The first-order valence-electron chi connectivity index (χ1n) is 10.6. The lowest BCUT2D eigenvalue weighted by atomic mass is 9.97. The number of pyridine rings is 3. The highest BCUT2D eigenvalue weighted by Gasteiger charge is 2.13. The summed E-state index contributed by atoms with van der Waals surface area (Å²) in [5.74, 6) is 0.141. The smallest absolute Gasteiger partial charge is 0.137 e. The number of hydrogen-bond acceptors (Lipinski definition) is 5. The van der Waals surface area contributed by atoms with E-state index >= 15 is 0 Å². The molecule has 0 saturated carbocycles. The topological polar surface area (TPSA) is 76.0 Å². The summed E-state index contributed by atoms with van der Waals surface area (Å²) in [5, 5.41) is 10.7. The van der Waals surface area contributed by atoms with E-state index in [2.05, 4.69) is 16.0 Å². The van der Waals surface area contributed by atoms with Crippen LogP contribution in [0.5, 0.6) is 0 Å². The van der Waals surface area contributed by atoms with Crippen molar-refractivity contribution in [3.8, 4) is 22.4 Å². The number of ketones is 1. The number of nitrogens with zero attached hydrogens (tertiary/aromatic N) is 3. The van der Waals surface area contributed by atoms with Crippen LogP contribution in [-0.4, -0.2) is 31.9 Å². The third kappa shape index (κ3) is 5.01. The molecule has 1 unspecified atom stereocenters. The molecule has 31 heavy (non-hydrogen) atoms. The SMILES string of the molecule is CCC(O)CCC(=O)Cc1ccc2nc(-c3ccncc3)c(-c3ccncc3)cc2c1. The molecule has 1 N–H and O–H groups in total. The second-order valence-electron chi connectivity index (χ2n) is 7.70. The first-order chi connectivity index (χ1) is 15.1. The van der Waals surface area contributed by atoms with Gasteiger partial charge in [-0.2, -0.15) is 0 Å². The van der Waals surface area contributed by atoms with E-state index in [0.29, 0.717) is 25.7 Å². The second-order valence-corrected chi connectivity index (χ2v) is 7.70. The van der Waals surface area contributed by atoms with Crippen molar-refractivity contribution in [1.82, 2.24) is 15.0 Å². The van der Waals surface area contributed by atoms with Crippen molar-refractivity contribution in [3.63, 3.8) is 0 Å². The summed E-state index contributed by atoms with van der Waals surface area (Å²) in [4.78, 5) is 25.6. The molecule has 3 aromatic heterocycles. The van der Waals surface area contributed by atoms with Gasteiger partial charge >= 0.3 is 0 Å². The molecule has 0 saturated heterocycles. The molecule has 0 radical (unpaired) electrons. The maximum atomic E-state index is 12.4. The molecule has 0 aliphatic carbocycles. The standard InChI is InChI=1S/C26H25N3O2/c1-2-22(30)4-5-23(31)16-18-3-6-25-21(15-18)17-24(19-7-11-27-12-8-19)26(29-25)20-9-13-28-14-10-20/h3,6-15,17,22,30H,2,4-5,16H2,1H3. The average molecular weight is 412 g/mol. The fraction of sp³-hybridized carbons (Fsp3) is 0.231. The number of hydrogen-bond donors (Lipinski definition) is 1. The minimum Gasteiger partial charge on any atom is -0.393 e. The first-order valence-corrected chi connectivity index (χ1v) is 10.6. The number of Topliss-reactive ketones (excluding diaryl/α,β-unsaturated/α-hetero) is 1. The van der Waals surface area contributed by atoms with Crippen molar-refractivity contribution in [2.45, 2.75) is 38.7 Å². The van der Waals surface area contributed by atoms with E-state index in [9.17, 15) is 9.90 Å². The molecule has 156 valence electrons. The average Bonchev–Trinajstić information content (AvgIpc) is 2.82. The molecular weight excluding hydrogens is 386 g/mol. The molecule has 3 heterocycles. The predicted molar refractivity (Wildman–Crippen MR) is 122 cm³/mol. The quantitative estimate of drug-likeness (QED) is 0.440. The van der Waals surface area contributed by atoms with Crippen LogP contribution in [0.2, 0.25) is 0 Å². The van der Waals surface area contributed by atoms with Gasteiger partial charge in [-0.25, -0.2) is 4.98 Å². The molecule has 4 rings (SSSR count). The molecule has 4 aromatic rings. The second kappa shape index (κ2) is 9.58. The zero-order valence-electron chi connectivity index (χ0n) is 17.5. The van der Waals surface area contributed by atoms with E-state index in [4.69, 9.17) is 4.98 Å². The summed E-state index contributed by atoms with van der Waals surface area (Å²) in [5.41, 5.74) is 5.77. The molecule has 0 amide bonds. The third-order valence-corrected chi connectivity index (χ3v) is 5.45. The minimum atomic E-state index is -0.403. The Bertz CT molecular complexity index is 1180. The summed E-state index contributed by atoms with van der Waals surface area (Å²) in [7, 11) is 0. The zero-order valence-corrected chi connectivity index (χ0v) is 17.5. The van der Waals surface area contributed by atoms with Gasteiger partial charge in [0.1, 0.15) is 5.78 Å². The van der Waals surface area contributed by atoms with E-state index in [-0.39, 0.29) is 5.78 Å². The van der Waals surface area contributed by atoms with Crippen LogP contribution in [0.1, 0.15) is 31.7 Å². The molecule has 5 heteroatoms. The first kappa shape index (κ1) is 20.8. The number of fused-ring (bicyclic) bond motifs is 1. The number of aliphatic hydroxyl groups is 1. The highest BCUT2D eigenvalue weighted by atomic mass is 16.3. The Morgan fingerprint density at radius 3 is 2.29 bits per heavy atom. The van der Waals surface area contributed by atoms with Gasteiger partial charge in [-0.05, 0) is 66.4 Å². The molecule has 0 spiro atoms. The largest absolute Gasteiger partial charge is 0.393 e. The number of rotatable bonds is 8. The van der Waals surface area contributed by atoms with Gasteiger partial charge in [0, 0.05) is 54.1 Å². The van der Waals surface area contributed by atoms with Crippen molar-refractivity contribution < 1.29 is 9.90 Å². The summed E-state index contributed by atoms with van der Waals surface area (Å²) in [6.45, 7) is 1.92. The van der Waals surface area contributed by atoms with Crippen molar-refractivity contribution in [3.05, 3.63) is 78.9 Å². The normalized spacial score (nSPS) is 12.1. The van der Waals surface area contributed by atoms with Gasteiger partial charge in [0.25, 0.3) is 0 Å². The number of carbonyl (C=O) groups excluding carboxylic acids is 1. The lowest BCUT2D eigenvalue weighted by Gasteiger charge is -2.12. The van der Waals surface area contributed by atoms with Crippen molar-refractivity contribution >= 4 is 16.7 Å². The number of aromatic nitrogens is 3. The molecular formula is C26H25N3O2. The molecule has 1 aromatic carbocycles. The molecule has 5 nitrogen and oxygen atoms in total. The molecule has 0 aliphatic heterocycles. The Labute approximate surface area is 181 Å². The van der Waals surface area contributed by atoms with Gasteiger partial charge in [0.2, 0.25) is 0 Å². The number of carbonyl (C=O) groups is 1.